The van der Waals surface area contributed by atoms with Crippen LogP contribution in [-0.2, 0) is 6.54 Å². The van der Waals surface area contributed by atoms with Crippen LogP contribution in [0.15, 0.2) is 4.42 Å². The molecule has 0 saturated carbocycles. The van der Waals surface area contributed by atoms with Gasteiger partial charge < -0.3 is 15.1 Å². The third kappa shape index (κ3) is 1.80. The Labute approximate surface area is 76.9 Å². The molecule has 1 aromatic rings. The van der Waals surface area contributed by atoms with Crippen molar-refractivity contribution in [1.82, 2.24) is 10.2 Å². The Kier molecular flexibility index (Phi) is 2.44. The fraction of sp³-hybridized carbons (Fsp3) is 0.750. The van der Waals surface area contributed by atoms with Crippen molar-refractivity contribution in [2.75, 3.05) is 18.0 Å². The lowest BCUT2D eigenvalue weighted by molar-refractivity contribution is 0.462. The van der Waals surface area contributed by atoms with E-state index in [0.29, 0.717) is 18.5 Å². The van der Waals surface area contributed by atoms with E-state index in [1.165, 1.54) is 19.3 Å². The standard InChI is InChI=1S/C8H14N4O/c9-6-7-10-11-8(13-7)12-4-2-1-3-5-12/h1-6,9H2. The minimum atomic E-state index is 0.320. The summed E-state index contributed by atoms with van der Waals surface area (Å²) in [6.45, 7) is 2.36. The molecule has 0 bridgehead atoms. The predicted octanol–water partition coefficient (Wildman–Crippen LogP) is 0.519. The van der Waals surface area contributed by atoms with Gasteiger partial charge in [-0.15, -0.1) is 5.10 Å². The largest absolute Gasteiger partial charge is 0.407 e. The highest BCUT2D eigenvalue weighted by Gasteiger charge is 2.16. The zero-order valence-electron chi connectivity index (χ0n) is 7.57. The minimum absolute atomic E-state index is 0.320. The maximum Gasteiger partial charge on any atom is 0.318 e. The second-order valence-corrected chi connectivity index (χ2v) is 3.23. The first kappa shape index (κ1) is 8.50. The molecule has 1 aromatic heterocycles. The Balaban J connectivity index is 2.05. The van der Waals surface area contributed by atoms with Gasteiger partial charge >= 0.3 is 6.01 Å². The topological polar surface area (TPSA) is 68.2 Å². The van der Waals surface area contributed by atoms with Gasteiger partial charge in [-0.2, -0.15) is 0 Å². The average molecular weight is 182 g/mol. The monoisotopic (exact) mass is 182 g/mol. The number of nitrogens with zero attached hydrogens (tertiary/aromatic N) is 3. The summed E-state index contributed by atoms with van der Waals surface area (Å²) in [5.41, 5.74) is 5.38. The highest BCUT2D eigenvalue weighted by atomic mass is 16.4. The molecule has 0 spiro atoms. The molecule has 5 heteroatoms. The van der Waals surface area contributed by atoms with Crippen LogP contribution in [-0.4, -0.2) is 23.3 Å². The summed E-state index contributed by atoms with van der Waals surface area (Å²) in [5, 5.41) is 7.77. The summed E-state index contributed by atoms with van der Waals surface area (Å²) in [7, 11) is 0. The highest BCUT2D eigenvalue weighted by molar-refractivity contribution is 5.24. The molecule has 1 aliphatic rings. The second-order valence-electron chi connectivity index (χ2n) is 3.23. The van der Waals surface area contributed by atoms with Crippen LogP contribution in [0.3, 0.4) is 0 Å². The molecule has 0 aromatic carbocycles. The quantitative estimate of drug-likeness (QED) is 0.722. The van der Waals surface area contributed by atoms with Crippen molar-refractivity contribution in [3.8, 4) is 0 Å². The van der Waals surface area contributed by atoms with Crippen LogP contribution in [0, 0.1) is 0 Å². The van der Waals surface area contributed by atoms with Crippen molar-refractivity contribution in [2.24, 2.45) is 5.73 Å². The van der Waals surface area contributed by atoms with E-state index in [1.54, 1.807) is 0 Å². The number of aromatic nitrogens is 2. The van der Waals surface area contributed by atoms with Gasteiger partial charge in [-0.25, -0.2) is 0 Å². The summed E-state index contributed by atoms with van der Waals surface area (Å²) >= 11 is 0. The van der Waals surface area contributed by atoms with Gasteiger partial charge in [-0.1, -0.05) is 5.10 Å². The number of hydrogen-bond acceptors (Lipinski definition) is 5. The van der Waals surface area contributed by atoms with E-state index in [1.807, 2.05) is 0 Å². The first-order valence-electron chi connectivity index (χ1n) is 4.67. The summed E-state index contributed by atoms with van der Waals surface area (Å²) in [6, 6.07) is 0.625. The van der Waals surface area contributed by atoms with Gasteiger partial charge in [0.15, 0.2) is 0 Å². The molecule has 2 N–H and O–H groups in total. The third-order valence-electron chi connectivity index (χ3n) is 2.26. The van der Waals surface area contributed by atoms with Crippen LogP contribution in [0.25, 0.3) is 0 Å². The Hall–Kier alpha value is -1.10. The molecule has 0 atom stereocenters. The molecule has 1 aliphatic heterocycles. The molecule has 2 rings (SSSR count). The molecule has 0 radical (unpaired) electrons. The molecule has 0 aliphatic carbocycles. The highest BCUT2D eigenvalue weighted by Crippen LogP contribution is 2.17. The lowest BCUT2D eigenvalue weighted by Gasteiger charge is -2.24. The van der Waals surface area contributed by atoms with Crippen molar-refractivity contribution in [1.29, 1.82) is 0 Å². The average Bonchev–Trinajstić information content (AvgIpc) is 2.67. The van der Waals surface area contributed by atoms with Crippen LogP contribution >= 0.6 is 0 Å². The molecule has 13 heavy (non-hydrogen) atoms. The molecule has 0 amide bonds. The Morgan fingerprint density at radius 1 is 1.23 bits per heavy atom. The summed E-state index contributed by atoms with van der Waals surface area (Å²) in [5.74, 6) is 0.514. The van der Waals surface area contributed by atoms with Crippen LogP contribution in [0.1, 0.15) is 25.2 Å². The zero-order chi connectivity index (χ0) is 9.10. The number of rotatable bonds is 2. The van der Waals surface area contributed by atoms with E-state index in [9.17, 15) is 0 Å². The van der Waals surface area contributed by atoms with Gasteiger partial charge in [0.2, 0.25) is 5.89 Å². The van der Waals surface area contributed by atoms with Crippen LogP contribution in [0.2, 0.25) is 0 Å². The Morgan fingerprint density at radius 2 is 2.00 bits per heavy atom. The Bertz CT molecular complexity index is 267. The maximum atomic E-state index is 5.38. The van der Waals surface area contributed by atoms with Gasteiger partial charge in [-0.3, -0.25) is 0 Å². The van der Waals surface area contributed by atoms with Gasteiger partial charge in [0.1, 0.15) is 0 Å². The van der Waals surface area contributed by atoms with Crippen LogP contribution in [0.5, 0.6) is 0 Å². The lowest BCUT2D eigenvalue weighted by atomic mass is 10.1. The summed E-state index contributed by atoms with van der Waals surface area (Å²) in [4.78, 5) is 2.12. The molecule has 5 nitrogen and oxygen atoms in total. The smallest absolute Gasteiger partial charge is 0.318 e. The van der Waals surface area contributed by atoms with Crippen molar-refractivity contribution < 1.29 is 4.42 Å². The molecular formula is C8H14N4O. The van der Waals surface area contributed by atoms with E-state index >= 15 is 0 Å². The number of nitrogens with two attached hydrogens (primary N) is 1. The fourth-order valence-electron chi connectivity index (χ4n) is 1.54. The van der Waals surface area contributed by atoms with Crippen molar-refractivity contribution in [3.05, 3.63) is 5.89 Å². The van der Waals surface area contributed by atoms with Gasteiger partial charge in [0.25, 0.3) is 0 Å². The van der Waals surface area contributed by atoms with Gasteiger partial charge in [0.05, 0.1) is 6.54 Å². The van der Waals surface area contributed by atoms with Gasteiger partial charge in [-0.05, 0) is 19.3 Å². The Morgan fingerprint density at radius 3 is 2.62 bits per heavy atom. The maximum absolute atomic E-state index is 5.38. The van der Waals surface area contributed by atoms with E-state index in [4.69, 9.17) is 10.2 Å². The number of piperidine rings is 1. The van der Waals surface area contributed by atoms with E-state index < -0.39 is 0 Å². The number of hydrogen-bond donors (Lipinski definition) is 1. The van der Waals surface area contributed by atoms with E-state index in [0.717, 1.165) is 13.1 Å². The minimum Gasteiger partial charge on any atom is -0.407 e. The fourth-order valence-corrected chi connectivity index (χ4v) is 1.54. The zero-order valence-corrected chi connectivity index (χ0v) is 7.57. The summed E-state index contributed by atoms with van der Waals surface area (Å²) in [6.07, 6.45) is 3.72. The first-order valence-corrected chi connectivity index (χ1v) is 4.67. The molecule has 1 saturated heterocycles. The van der Waals surface area contributed by atoms with Crippen LogP contribution in [0.4, 0.5) is 6.01 Å². The normalized spacial score (nSPS) is 17.8. The molecule has 1 fully saturated rings. The molecule has 0 unspecified atom stereocenters. The molecule has 2 heterocycles. The van der Waals surface area contributed by atoms with E-state index in [2.05, 4.69) is 15.1 Å². The summed E-state index contributed by atoms with van der Waals surface area (Å²) < 4.78 is 5.35. The van der Waals surface area contributed by atoms with Crippen molar-refractivity contribution in [3.63, 3.8) is 0 Å². The predicted molar refractivity (Wildman–Crippen MR) is 48.3 cm³/mol. The third-order valence-corrected chi connectivity index (χ3v) is 2.26. The molecular weight excluding hydrogens is 168 g/mol. The van der Waals surface area contributed by atoms with Gasteiger partial charge in [0, 0.05) is 13.1 Å². The molecule has 72 valence electrons. The first-order chi connectivity index (χ1) is 6.40. The van der Waals surface area contributed by atoms with Crippen LogP contribution < -0.4 is 10.6 Å². The number of anilines is 1. The van der Waals surface area contributed by atoms with Crippen molar-refractivity contribution >= 4 is 6.01 Å². The van der Waals surface area contributed by atoms with E-state index in [-0.39, 0.29) is 0 Å². The van der Waals surface area contributed by atoms with Crippen molar-refractivity contribution in [2.45, 2.75) is 25.8 Å². The second kappa shape index (κ2) is 3.74. The SMILES string of the molecule is NCc1nnc(N2CCCCC2)o1. The lowest BCUT2D eigenvalue weighted by Crippen LogP contribution is -2.29.